The van der Waals surface area contributed by atoms with Gasteiger partial charge < -0.3 is 5.11 Å². The largest absolute Gasteiger partial charge is 0.392 e. The van der Waals surface area contributed by atoms with E-state index in [1.165, 1.54) is 24.3 Å². The Hall–Kier alpha value is -0.800. The molecule has 86 valence electrons. The monoisotopic (exact) mass is 237 g/mol. The average molecular weight is 237 g/mol. The van der Waals surface area contributed by atoms with Crippen molar-refractivity contribution in [1.29, 1.82) is 0 Å². The Kier molecular flexibility index (Phi) is 4.02. The Labute approximate surface area is 99.0 Å². The molecule has 1 aliphatic heterocycles. The molecule has 1 N–H and O–H groups in total. The van der Waals surface area contributed by atoms with E-state index >= 15 is 0 Å². The molecule has 1 saturated heterocycles. The summed E-state index contributed by atoms with van der Waals surface area (Å²) in [5.41, 5.74) is 1.65. The van der Waals surface area contributed by atoms with E-state index in [4.69, 9.17) is 5.11 Å². The van der Waals surface area contributed by atoms with E-state index in [9.17, 15) is 4.79 Å². The van der Waals surface area contributed by atoms with E-state index in [-0.39, 0.29) is 12.4 Å². The maximum Gasteiger partial charge on any atom is 0.211 e. The van der Waals surface area contributed by atoms with Crippen molar-refractivity contribution < 1.29 is 9.90 Å². The van der Waals surface area contributed by atoms with Gasteiger partial charge in [-0.15, -0.1) is 0 Å². The van der Waals surface area contributed by atoms with Gasteiger partial charge in [0.25, 0.3) is 0 Å². The lowest BCUT2D eigenvalue weighted by Gasteiger charge is -2.02. The summed E-state index contributed by atoms with van der Waals surface area (Å²) < 4.78 is 0. The molecule has 2 nitrogen and oxygen atoms in total. The SMILES string of the molecule is O=C(C[S+]1CCCC1)c1ccc(CO)cc1. The van der Waals surface area contributed by atoms with Gasteiger partial charge in [-0.3, -0.25) is 4.79 Å². The van der Waals surface area contributed by atoms with Gasteiger partial charge in [-0.25, -0.2) is 0 Å². The molecule has 16 heavy (non-hydrogen) atoms. The van der Waals surface area contributed by atoms with Crippen molar-refractivity contribution in [2.75, 3.05) is 17.3 Å². The fourth-order valence-electron chi connectivity index (χ4n) is 1.92. The Morgan fingerprint density at radius 2 is 1.81 bits per heavy atom. The van der Waals surface area contributed by atoms with Crippen molar-refractivity contribution in [3.05, 3.63) is 35.4 Å². The van der Waals surface area contributed by atoms with Gasteiger partial charge in [0.2, 0.25) is 5.78 Å². The summed E-state index contributed by atoms with van der Waals surface area (Å²) in [4.78, 5) is 11.9. The number of benzene rings is 1. The highest BCUT2D eigenvalue weighted by Crippen LogP contribution is 2.15. The molecule has 0 aliphatic carbocycles. The summed E-state index contributed by atoms with van der Waals surface area (Å²) in [5, 5.41) is 8.91. The molecule has 0 spiro atoms. The normalized spacial score (nSPS) is 16.6. The topological polar surface area (TPSA) is 37.3 Å². The molecule has 0 unspecified atom stereocenters. The predicted molar refractivity (Wildman–Crippen MR) is 67.9 cm³/mol. The molecular weight excluding hydrogens is 220 g/mol. The maximum absolute atomic E-state index is 11.9. The maximum atomic E-state index is 11.9. The highest BCUT2D eigenvalue weighted by atomic mass is 32.2. The van der Waals surface area contributed by atoms with Crippen LogP contribution in [0.2, 0.25) is 0 Å². The zero-order valence-electron chi connectivity index (χ0n) is 9.32. The molecular formula is C13H17O2S+. The van der Waals surface area contributed by atoms with Crippen LogP contribution in [0.4, 0.5) is 0 Å². The van der Waals surface area contributed by atoms with Crippen LogP contribution in [-0.2, 0) is 17.5 Å². The summed E-state index contributed by atoms with van der Waals surface area (Å²) in [6.45, 7) is 0.0405. The number of carbonyl (C=O) groups is 1. The number of hydrogen-bond acceptors (Lipinski definition) is 2. The molecule has 0 aromatic heterocycles. The van der Waals surface area contributed by atoms with Crippen LogP contribution in [-0.4, -0.2) is 28.1 Å². The molecule has 3 heteroatoms. The second-order valence-electron chi connectivity index (χ2n) is 4.15. The second-order valence-corrected chi connectivity index (χ2v) is 6.48. The first-order valence-electron chi connectivity index (χ1n) is 5.66. The molecule has 1 fully saturated rings. The third-order valence-corrected chi connectivity index (χ3v) is 5.31. The Balaban J connectivity index is 1.97. The van der Waals surface area contributed by atoms with Crippen LogP contribution in [0.15, 0.2) is 24.3 Å². The molecule has 1 heterocycles. The quantitative estimate of drug-likeness (QED) is 0.640. The van der Waals surface area contributed by atoms with E-state index in [0.717, 1.165) is 16.9 Å². The molecule has 1 aromatic rings. The van der Waals surface area contributed by atoms with Crippen molar-refractivity contribution in [3.8, 4) is 0 Å². The average Bonchev–Trinajstić information content (AvgIpc) is 2.82. The number of aliphatic hydroxyl groups is 1. The summed E-state index contributed by atoms with van der Waals surface area (Å²) in [6, 6.07) is 7.30. The number of carbonyl (C=O) groups excluding carboxylic acids is 1. The Morgan fingerprint density at radius 3 is 2.38 bits per heavy atom. The molecule has 1 aliphatic rings. The number of rotatable bonds is 4. The molecule has 0 saturated carbocycles. The smallest absolute Gasteiger partial charge is 0.211 e. The number of aliphatic hydroxyl groups excluding tert-OH is 1. The zero-order chi connectivity index (χ0) is 11.4. The van der Waals surface area contributed by atoms with Crippen LogP contribution in [0.25, 0.3) is 0 Å². The second kappa shape index (κ2) is 5.51. The van der Waals surface area contributed by atoms with Crippen LogP contribution in [0.3, 0.4) is 0 Å². The minimum atomic E-state index is 0.0405. The van der Waals surface area contributed by atoms with Crippen LogP contribution in [0.5, 0.6) is 0 Å². The number of hydrogen-bond donors (Lipinski definition) is 1. The van der Waals surface area contributed by atoms with Gasteiger partial charge in [-0.05, 0) is 29.3 Å². The van der Waals surface area contributed by atoms with Crippen LogP contribution >= 0.6 is 0 Å². The van der Waals surface area contributed by atoms with Gasteiger partial charge in [-0.1, -0.05) is 24.3 Å². The minimum Gasteiger partial charge on any atom is -0.392 e. The summed E-state index contributed by atoms with van der Waals surface area (Å²) in [7, 11) is 0.336. The van der Waals surface area contributed by atoms with Crippen LogP contribution in [0.1, 0.15) is 28.8 Å². The van der Waals surface area contributed by atoms with E-state index in [0.29, 0.717) is 10.9 Å². The van der Waals surface area contributed by atoms with Gasteiger partial charge in [0.1, 0.15) is 11.5 Å². The third kappa shape index (κ3) is 2.86. The van der Waals surface area contributed by atoms with E-state index in [1.54, 1.807) is 0 Å². The highest BCUT2D eigenvalue weighted by Gasteiger charge is 2.27. The van der Waals surface area contributed by atoms with Crippen LogP contribution < -0.4 is 0 Å². The zero-order valence-corrected chi connectivity index (χ0v) is 10.1. The molecule has 0 atom stereocenters. The van der Waals surface area contributed by atoms with Crippen molar-refractivity contribution in [1.82, 2.24) is 0 Å². The predicted octanol–water partition coefficient (Wildman–Crippen LogP) is 1.77. The molecule has 0 radical (unpaired) electrons. The van der Waals surface area contributed by atoms with Crippen molar-refractivity contribution in [3.63, 3.8) is 0 Å². The fraction of sp³-hybridized carbons (Fsp3) is 0.462. The Morgan fingerprint density at radius 1 is 1.19 bits per heavy atom. The third-order valence-electron chi connectivity index (χ3n) is 2.91. The molecule has 0 bridgehead atoms. The van der Waals surface area contributed by atoms with E-state index in [1.807, 2.05) is 24.3 Å². The highest BCUT2D eigenvalue weighted by molar-refractivity contribution is 7.97. The first kappa shape index (κ1) is 11.7. The number of ketones is 1. The van der Waals surface area contributed by atoms with Gasteiger partial charge in [0.05, 0.1) is 6.61 Å². The van der Waals surface area contributed by atoms with Crippen molar-refractivity contribution in [2.24, 2.45) is 0 Å². The first-order chi connectivity index (χ1) is 7.79. The molecule has 0 amide bonds. The number of Topliss-reactive ketones (excluding diaryl/α,β-unsaturated/α-hetero) is 1. The van der Waals surface area contributed by atoms with Gasteiger partial charge >= 0.3 is 0 Å². The standard InChI is InChI=1S/C13H17O2S/c14-9-11-3-5-12(6-4-11)13(15)10-16-7-1-2-8-16/h3-6,14H,1-2,7-10H2/q+1. The van der Waals surface area contributed by atoms with Crippen LogP contribution in [0, 0.1) is 0 Å². The summed E-state index contributed by atoms with van der Waals surface area (Å²) >= 11 is 0. The van der Waals surface area contributed by atoms with Crippen molar-refractivity contribution >= 4 is 16.7 Å². The lowest BCUT2D eigenvalue weighted by Crippen LogP contribution is -2.17. The van der Waals surface area contributed by atoms with Crippen molar-refractivity contribution in [2.45, 2.75) is 19.4 Å². The lowest BCUT2D eigenvalue weighted by atomic mass is 10.1. The van der Waals surface area contributed by atoms with Gasteiger partial charge in [0.15, 0.2) is 5.75 Å². The van der Waals surface area contributed by atoms with Gasteiger partial charge in [0, 0.05) is 5.56 Å². The molecule has 1 aromatic carbocycles. The summed E-state index contributed by atoms with van der Waals surface area (Å²) in [5.74, 6) is 3.45. The molecule has 2 rings (SSSR count). The fourth-order valence-corrected chi connectivity index (χ4v) is 4.18. The van der Waals surface area contributed by atoms with E-state index in [2.05, 4.69) is 0 Å². The first-order valence-corrected chi connectivity index (χ1v) is 7.40. The minimum absolute atomic E-state index is 0.0405. The lowest BCUT2D eigenvalue weighted by molar-refractivity contribution is 0.102. The summed E-state index contributed by atoms with van der Waals surface area (Å²) in [6.07, 6.45) is 2.58. The van der Waals surface area contributed by atoms with E-state index < -0.39 is 0 Å². The Bertz CT molecular complexity index is 353. The van der Waals surface area contributed by atoms with Gasteiger partial charge in [-0.2, -0.15) is 0 Å².